The van der Waals surface area contributed by atoms with Crippen LogP contribution in [0.4, 0.5) is 5.69 Å². The molecule has 1 aliphatic heterocycles. The number of hydrogen-bond acceptors (Lipinski definition) is 6. The first-order valence-electron chi connectivity index (χ1n) is 7.82. The lowest BCUT2D eigenvalue weighted by atomic mass is 10.2. The maximum atomic E-state index is 11.9. The monoisotopic (exact) mass is 343 g/mol. The topological polar surface area (TPSA) is 91.2 Å². The van der Waals surface area contributed by atoms with Gasteiger partial charge < -0.3 is 14.2 Å². The Kier molecular flexibility index (Phi) is 5.37. The molecule has 7 nitrogen and oxygen atoms in total. The van der Waals surface area contributed by atoms with Gasteiger partial charge in [0.05, 0.1) is 23.7 Å². The second-order valence-corrected chi connectivity index (χ2v) is 5.62. The second kappa shape index (κ2) is 7.87. The zero-order chi connectivity index (χ0) is 17.6. The summed E-state index contributed by atoms with van der Waals surface area (Å²) in [5, 5.41) is 10.6. The standard InChI is InChI=1S/C18H17NO6/c20-18(14-6-8-15(9-7-14)19(21)22)24-12-17-16(25-17)11-23-10-13-4-2-1-3-5-13/h1-9,16-17H,10-12H2. The average molecular weight is 343 g/mol. The van der Waals surface area contributed by atoms with Crippen molar-refractivity contribution in [3.8, 4) is 0 Å². The minimum Gasteiger partial charge on any atom is -0.459 e. The first-order chi connectivity index (χ1) is 12.1. The Balaban J connectivity index is 1.35. The fourth-order valence-corrected chi connectivity index (χ4v) is 2.30. The lowest BCUT2D eigenvalue weighted by Crippen LogP contribution is -2.13. The van der Waals surface area contributed by atoms with Crippen LogP contribution >= 0.6 is 0 Å². The quantitative estimate of drug-likeness (QED) is 0.317. The number of hydrogen-bond donors (Lipinski definition) is 0. The number of nitro groups is 1. The number of nitro benzene ring substituents is 1. The molecule has 0 aromatic heterocycles. The average Bonchev–Trinajstić information content (AvgIpc) is 3.39. The third kappa shape index (κ3) is 4.85. The molecule has 0 amide bonds. The summed E-state index contributed by atoms with van der Waals surface area (Å²) in [5.41, 5.74) is 1.28. The lowest BCUT2D eigenvalue weighted by Gasteiger charge is -2.03. The molecule has 0 N–H and O–H groups in total. The van der Waals surface area contributed by atoms with Crippen LogP contribution in [-0.4, -0.2) is 36.3 Å². The molecule has 2 atom stereocenters. The van der Waals surface area contributed by atoms with Crippen molar-refractivity contribution in [3.05, 3.63) is 75.8 Å². The van der Waals surface area contributed by atoms with Gasteiger partial charge in [-0.25, -0.2) is 4.79 Å². The summed E-state index contributed by atoms with van der Waals surface area (Å²) in [4.78, 5) is 21.9. The molecule has 3 rings (SSSR count). The highest BCUT2D eigenvalue weighted by molar-refractivity contribution is 5.89. The molecule has 2 aromatic rings. The van der Waals surface area contributed by atoms with E-state index in [0.29, 0.717) is 13.2 Å². The molecular formula is C18H17NO6. The van der Waals surface area contributed by atoms with Crippen molar-refractivity contribution in [1.29, 1.82) is 0 Å². The number of non-ortho nitro benzene ring substituents is 1. The van der Waals surface area contributed by atoms with Gasteiger partial charge in [0.2, 0.25) is 0 Å². The molecule has 25 heavy (non-hydrogen) atoms. The number of nitrogens with zero attached hydrogens (tertiary/aromatic N) is 1. The largest absolute Gasteiger partial charge is 0.459 e. The van der Waals surface area contributed by atoms with Crippen LogP contribution in [0.3, 0.4) is 0 Å². The predicted molar refractivity (Wildman–Crippen MR) is 88.1 cm³/mol. The third-order valence-electron chi connectivity index (χ3n) is 3.77. The normalized spacial score (nSPS) is 18.6. The Bertz CT molecular complexity index is 731. The highest BCUT2D eigenvalue weighted by Crippen LogP contribution is 2.23. The fraction of sp³-hybridized carbons (Fsp3) is 0.278. The van der Waals surface area contributed by atoms with E-state index >= 15 is 0 Å². The lowest BCUT2D eigenvalue weighted by molar-refractivity contribution is -0.384. The maximum absolute atomic E-state index is 11.9. The van der Waals surface area contributed by atoms with Crippen molar-refractivity contribution in [3.63, 3.8) is 0 Å². The number of carbonyl (C=O) groups is 1. The molecule has 0 saturated carbocycles. The number of epoxide rings is 1. The number of rotatable bonds is 8. The SMILES string of the molecule is O=C(OCC1OC1COCc1ccccc1)c1ccc([N+](=O)[O-])cc1. The van der Waals surface area contributed by atoms with E-state index in [4.69, 9.17) is 14.2 Å². The van der Waals surface area contributed by atoms with Gasteiger partial charge in [0.15, 0.2) is 0 Å². The van der Waals surface area contributed by atoms with Crippen molar-refractivity contribution in [2.24, 2.45) is 0 Å². The van der Waals surface area contributed by atoms with E-state index in [0.717, 1.165) is 5.56 Å². The Hall–Kier alpha value is -2.77. The van der Waals surface area contributed by atoms with Crippen LogP contribution in [0.5, 0.6) is 0 Å². The van der Waals surface area contributed by atoms with Crippen LogP contribution < -0.4 is 0 Å². The summed E-state index contributed by atoms with van der Waals surface area (Å²) in [7, 11) is 0. The summed E-state index contributed by atoms with van der Waals surface area (Å²) in [6.45, 7) is 1.08. The third-order valence-corrected chi connectivity index (χ3v) is 3.77. The van der Waals surface area contributed by atoms with Gasteiger partial charge in [-0.15, -0.1) is 0 Å². The number of ether oxygens (including phenoxy) is 3. The van der Waals surface area contributed by atoms with E-state index in [2.05, 4.69) is 0 Å². The molecule has 1 aliphatic rings. The van der Waals surface area contributed by atoms with Gasteiger partial charge in [-0.2, -0.15) is 0 Å². The van der Waals surface area contributed by atoms with Crippen LogP contribution in [0.2, 0.25) is 0 Å². The molecule has 0 bridgehead atoms. The zero-order valence-electron chi connectivity index (χ0n) is 13.4. The number of esters is 1. The van der Waals surface area contributed by atoms with Gasteiger partial charge in [-0.3, -0.25) is 10.1 Å². The Morgan fingerprint density at radius 1 is 1.04 bits per heavy atom. The van der Waals surface area contributed by atoms with Crippen LogP contribution in [0, 0.1) is 10.1 Å². The summed E-state index contributed by atoms with van der Waals surface area (Å²) < 4.78 is 16.1. The predicted octanol–water partition coefficient (Wildman–Crippen LogP) is 2.74. The first kappa shape index (κ1) is 17.1. The zero-order valence-corrected chi connectivity index (χ0v) is 13.4. The van der Waals surface area contributed by atoms with Gasteiger partial charge in [-0.1, -0.05) is 30.3 Å². The summed E-state index contributed by atoms with van der Waals surface area (Å²) in [5.74, 6) is -0.533. The summed E-state index contributed by atoms with van der Waals surface area (Å²) in [6.07, 6.45) is -0.244. The van der Waals surface area contributed by atoms with Gasteiger partial charge in [0.1, 0.15) is 18.8 Å². The first-order valence-corrected chi connectivity index (χ1v) is 7.82. The van der Waals surface area contributed by atoms with E-state index < -0.39 is 10.9 Å². The van der Waals surface area contributed by atoms with Crippen LogP contribution in [0.25, 0.3) is 0 Å². The number of benzene rings is 2. The van der Waals surface area contributed by atoms with Crippen molar-refractivity contribution in [2.75, 3.05) is 13.2 Å². The van der Waals surface area contributed by atoms with Crippen LogP contribution in [0.15, 0.2) is 54.6 Å². The summed E-state index contributed by atoms with van der Waals surface area (Å²) >= 11 is 0. The van der Waals surface area contributed by atoms with Crippen LogP contribution in [-0.2, 0) is 20.8 Å². The van der Waals surface area contributed by atoms with Crippen molar-refractivity contribution in [1.82, 2.24) is 0 Å². The van der Waals surface area contributed by atoms with E-state index in [-0.39, 0.29) is 30.1 Å². The minimum atomic E-state index is -0.533. The van der Waals surface area contributed by atoms with Gasteiger partial charge in [-0.05, 0) is 17.7 Å². The highest BCUT2D eigenvalue weighted by Gasteiger charge is 2.40. The van der Waals surface area contributed by atoms with E-state index in [1.165, 1.54) is 24.3 Å². The van der Waals surface area contributed by atoms with Gasteiger partial charge >= 0.3 is 5.97 Å². The van der Waals surface area contributed by atoms with Gasteiger partial charge in [0, 0.05) is 12.1 Å². The highest BCUT2D eigenvalue weighted by atomic mass is 16.6. The molecule has 1 fully saturated rings. The molecular weight excluding hydrogens is 326 g/mol. The molecule has 130 valence electrons. The molecule has 0 aliphatic carbocycles. The van der Waals surface area contributed by atoms with Crippen molar-refractivity contribution in [2.45, 2.75) is 18.8 Å². The van der Waals surface area contributed by atoms with E-state index in [9.17, 15) is 14.9 Å². The molecule has 1 heterocycles. The second-order valence-electron chi connectivity index (χ2n) is 5.62. The molecule has 1 saturated heterocycles. The molecule has 7 heteroatoms. The molecule has 2 aromatic carbocycles. The Morgan fingerprint density at radius 2 is 1.72 bits per heavy atom. The fourth-order valence-electron chi connectivity index (χ4n) is 2.30. The Labute approximate surface area is 144 Å². The number of carbonyl (C=O) groups excluding carboxylic acids is 1. The van der Waals surface area contributed by atoms with E-state index in [1.807, 2.05) is 30.3 Å². The Morgan fingerprint density at radius 3 is 2.40 bits per heavy atom. The molecule has 2 unspecified atom stereocenters. The van der Waals surface area contributed by atoms with Crippen molar-refractivity contribution < 1.29 is 23.9 Å². The van der Waals surface area contributed by atoms with Gasteiger partial charge in [0.25, 0.3) is 5.69 Å². The maximum Gasteiger partial charge on any atom is 0.338 e. The smallest absolute Gasteiger partial charge is 0.338 e. The summed E-state index contributed by atoms with van der Waals surface area (Å²) in [6, 6.07) is 15.1. The minimum absolute atomic E-state index is 0.0716. The molecule has 0 spiro atoms. The van der Waals surface area contributed by atoms with Crippen LogP contribution in [0.1, 0.15) is 15.9 Å². The molecule has 0 radical (unpaired) electrons. The van der Waals surface area contributed by atoms with Crippen molar-refractivity contribution >= 4 is 11.7 Å². The van der Waals surface area contributed by atoms with E-state index in [1.54, 1.807) is 0 Å².